The molecule has 0 radical (unpaired) electrons. The number of nitriles is 1. The van der Waals surface area contributed by atoms with Crippen molar-refractivity contribution in [3.05, 3.63) is 63.7 Å². The molecule has 0 fully saturated rings. The Balaban J connectivity index is 2.36. The lowest BCUT2D eigenvalue weighted by Gasteiger charge is -2.08. The third-order valence-corrected chi connectivity index (χ3v) is 2.62. The number of carboxylic acid groups (broad SMARTS) is 1. The Morgan fingerprint density at radius 1 is 1.24 bits per heavy atom. The Morgan fingerprint density at radius 2 is 1.90 bits per heavy atom. The van der Waals surface area contributed by atoms with Gasteiger partial charge in [-0.25, -0.2) is 4.79 Å². The van der Waals surface area contributed by atoms with Gasteiger partial charge in [0.05, 0.1) is 16.6 Å². The first-order valence-electron chi connectivity index (χ1n) is 5.71. The highest BCUT2D eigenvalue weighted by Crippen LogP contribution is 2.28. The minimum atomic E-state index is -1.33. The van der Waals surface area contributed by atoms with Crippen molar-refractivity contribution in [1.82, 2.24) is 0 Å². The quantitative estimate of drug-likeness (QED) is 0.682. The fourth-order valence-electron chi connectivity index (χ4n) is 1.61. The molecule has 21 heavy (non-hydrogen) atoms. The van der Waals surface area contributed by atoms with E-state index in [9.17, 15) is 14.9 Å². The molecule has 0 bridgehead atoms. The third-order valence-electron chi connectivity index (χ3n) is 2.62. The smallest absolute Gasteiger partial charge is 0.339 e. The minimum absolute atomic E-state index is 0.0159. The van der Waals surface area contributed by atoms with Gasteiger partial charge in [-0.15, -0.1) is 0 Å². The van der Waals surface area contributed by atoms with Crippen molar-refractivity contribution < 1.29 is 19.6 Å². The largest absolute Gasteiger partial charge is 0.478 e. The molecule has 0 amide bonds. The monoisotopic (exact) mass is 284 g/mol. The zero-order valence-electron chi connectivity index (χ0n) is 10.5. The number of carboxylic acids is 1. The SMILES string of the molecule is N#Cc1ccc(Oc2ccc([N+](=O)[O-])cc2C(=O)O)cc1. The van der Waals surface area contributed by atoms with E-state index < -0.39 is 10.9 Å². The standard InChI is InChI=1S/C14H8N2O5/c15-8-9-1-4-11(5-2-9)21-13-6-3-10(16(19)20)7-12(13)14(17)18/h1-7H,(H,17,18). The number of nitro benzene ring substituents is 1. The van der Waals surface area contributed by atoms with Crippen LogP contribution in [0.1, 0.15) is 15.9 Å². The second kappa shape index (κ2) is 5.71. The molecule has 0 aromatic heterocycles. The maximum absolute atomic E-state index is 11.1. The summed E-state index contributed by atoms with van der Waals surface area (Å²) in [6.45, 7) is 0. The molecule has 0 unspecified atom stereocenters. The van der Waals surface area contributed by atoms with Gasteiger partial charge in [0, 0.05) is 12.1 Å². The van der Waals surface area contributed by atoms with Crippen LogP contribution in [0, 0.1) is 21.4 Å². The molecule has 0 aliphatic rings. The highest BCUT2D eigenvalue weighted by molar-refractivity contribution is 5.91. The van der Waals surface area contributed by atoms with Gasteiger partial charge < -0.3 is 9.84 Å². The summed E-state index contributed by atoms with van der Waals surface area (Å²) in [5.74, 6) is -1.02. The second-order valence-corrected chi connectivity index (χ2v) is 3.98. The van der Waals surface area contributed by atoms with Crippen molar-refractivity contribution in [2.75, 3.05) is 0 Å². The summed E-state index contributed by atoms with van der Waals surface area (Å²) in [5, 5.41) is 28.4. The molecule has 2 aromatic rings. The zero-order valence-corrected chi connectivity index (χ0v) is 10.5. The van der Waals surface area contributed by atoms with Gasteiger partial charge in [0.25, 0.3) is 5.69 Å². The Bertz CT molecular complexity index is 747. The fourth-order valence-corrected chi connectivity index (χ4v) is 1.61. The van der Waals surface area contributed by atoms with Crippen LogP contribution in [0.25, 0.3) is 0 Å². The number of nitrogens with zero attached hydrogens (tertiary/aromatic N) is 2. The van der Waals surface area contributed by atoms with E-state index in [1.165, 1.54) is 30.3 Å². The predicted octanol–water partition coefficient (Wildman–Crippen LogP) is 2.96. The highest BCUT2D eigenvalue weighted by atomic mass is 16.6. The number of nitro groups is 1. The number of aromatic carboxylic acids is 1. The Labute approximate surface area is 118 Å². The fraction of sp³-hybridized carbons (Fsp3) is 0. The van der Waals surface area contributed by atoms with Gasteiger partial charge in [0.1, 0.15) is 17.1 Å². The number of non-ortho nitro benzene ring substituents is 1. The summed E-state index contributed by atoms with van der Waals surface area (Å²) < 4.78 is 5.39. The van der Waals surface area contributed by atoms with Crippen LogP contribution in [0.5, 0.6) is 11.5 Å². The molecular weight excluding hydrogens is 276 g/mol. The lowest BCUT2D eigenvalue weighted by Crippen LogP contribution is -2.01. The zero-order chi connectivity index (χ0) is 15.4. The molecule has 0 atom stereocenters. The van der Waals surface area contributed by atoms with E-state index in [0.717, 1.165) is 12.1 Å². The number of benzene rings is 2. The van der Waals surface area contributed by atoms with Gasteiger partial charge in [-0.3, -0.25) is 10.1 Å². The number of ether oxygens (including phenoxy) is 1. The maximum atomic E-state index is 11.1. The van der Waals surface area contributed by atoms with Crippen molar-refractivity contribution in [2.45, 2.75) is 0 Å². The summed E-state index contributed by atoms with van der Waals surface area (Å²) >= 11 is 0. The molecule has 2 rings (SSSR count). The van der Waals surface area contributed by atoms with Crippen LogP contribution < -0.4 is 4.74 Å². The lowest BCUT2D eigenvalue weighted by atomic mass is 10.1. The van der Waals surface area contributed by atoms with Gasteiger partial charge in [0.2, 0.25) is 0 Å². The average Bonchev–Trinajstić information content (AvgIpc) is 2.48. The van der Waals surface area contributed by atoms with Gasteiger partial charge in [0.15, 0.2) is 0 Å². The number of carbonyl (C=O) groups is 1. The highest BCUT2D eigenvalue weighted by Gasteiger charge is 2.17. The van der Waals surface area contributed by atoms with Gasteiger partial charge in [-0.05, 0) is 30.3 Å². The lowest BCUT2D eigenvalue weighted by molar-refractivity contribution is -0.384. The first-order valence-corrected chi connectivity index (χ1v) is 5.71. The number of hydrogen-bond donors (Lipinski definition) is 1. The summed E-state index contributed by atoms with van der Waals surface area (Å²) in [7, 11) is 0. The van der Waals surface area contributed by atoms with Crippen molar-refractivity contribution in [2.24, 2.45) is 0 Å². The molecule has 0 spiro atoms. The van der Waals surface area contributed by atoms with Gasteiger partial charge in [-0.1, -0.05) is 0 Å². The molecule has 0 aliphatic heterocycles. The first-order chi connectivity index (χ1) is 10.0. The van der Waals surface area contributed by atoms with Crippen LogP contribution >= 0.6 is 0 Å². The summed E-state index contributed by atoms with van der Waals surface area (Å²) in [6, 6.07) is 11.3. The van der Waals surface area contributed by atoms with Crippen LogP contribution in [0.15, 0.2) is 42.5 Å². The van der Waals surface area contributed by atoms with Gasteiger partial charge >= 0.3 is 5.97 Å². The Morgan fingerprint density at radius 3 is 2.43 bits per heavy atom. The van der Waals surface area contributed by atoms with E-state index in [1.807, 2.05) is 6.07 Å². The Hall–Kier alpha value is -3.40. The van der Waals surface area contributed by atoms with E-state index in [0.29, 0.717) is 11.3 Å². The van der Waals surface area contributed by atoms with Crippen LogP contribution in [0.2, 0.25) is 0 Å². The van der Waals surface area contributed by atoms with E-state index in [4.69, 9.17) is 15.1 Å². The first kappa shape index (κ1) is 14.0. The normalized spacial score (nSPS) is 9.67. The predicted molar refractivity (Wildman–Crippen MR) is 71.3 cm³/mol. The molecule has 1 N–H and O–H groups in total. The van der Waals surface area contributed by atoms with Crippen molar-refractivity contribution >= 4 is 11.7 Å². The third kappa shape index (κ3) is 3.13. The molecule has 0 aliphatic carbocycles. The van der Waals surface area contributed by atoms with Gasteiger partial charge in [-0.2, -0.15) is 5.26 Å². The van der Waals surface area contributed by atoms with E-state index >= 15 is 0 Å². The Kier molecular flexibility index (Phi) is 3.81. The topological polar surface area (TPSA) is 113 Å². The molecule has 7 heteroatoms. The molecule has 7 nitrogen and oxygen atoms in total. The van der Waals surface area contributed by atoms with Crippen LogP contribution in [0.3, 0.4) is 0 Å². The molecule has 0 saturated heterocycles. The molecule has 0 heterocycles. The maximum Gasteiger partial charge on any atom is 0.339 e. The summed E-state index contributed by atoms with van der Waals surface area (Å²) in [5.41, 5.74) is -0.211. The molecular formula is C14H8N2O5. The van der Waals surface area contributed by atoms with E-state index in [-0.39, 0.29) is 17.0 Å². The van der Waals surface area contributed by atoms with E-state index in [1.54, 1.807) is 0 Å². The van der Waals surface area contributed by atoms with Crippen LogP contribution in [0.4, 0.5) is 5.69 Å². The van der Waals surface area contributed by atoms with Crippen LogP contribution in [-0.4, -0.2) is 16.0 Å². The summed E-state index contributed by atoms with van der Waals surface area (Å²) in [6.07, 6.45) is 0. The average molecular weight is 284 g/mol. The molecule has 104 valence electrons. The van der Waals surface area contributed by atoms with Crippen molar-refractivity contribution in [1.29, 1.82) is 5.26 Å². The molecule has 0 saturated carbocycles. The number of rotatable bonds is 4. The van der Waals surface area contributed by atoms with Crippen molar-refractivity contribution in [3.8, 4) is 17.6 Å². The number of hydrogen-bond acceptors (Lipinski definition) is 5. The summed E-state index contributed by atoms with van der Waals surface area (Å²) in [4.78, 5) is 21.1. The minimum Gasteiger partial charge on any atom is -0.478 e. The second-order valence-electron chi connectivity index (χ2n) is 3.98. The van der Waals surface area contributed by atoms with Crippen molar-refractivity contribution in [3.63, 3.8) is 0 Å². The van der Waals surface area contributed by atoms with E-state index in [2.05, 4.69) is 0 Å². The molecule has 2 aromatic carbocycles. The van der Waals surface area contributed by atoms with Crippen LogP contribution in [-0.2, 0) is 0 Å².